The number of ketones is 1. The van der Waals surface area contributed by atoms with Crippen LogP contribution in [0.4, 0.5) is 0 Å². The zero-order chi connectivity index (χ0) is 16.7. The molecule has 0 aromatic heterocycles. The van der Waals surface area contributed by atoms with Crippen LogP contribution in [0.5, 0.6) is 0 Å². The number of carboxylic acids is 1. The second-order valence-corrected chi connectivity index (χ2v) is 4.46. The fourth-order valence-electron chi connectivity index (χ4n) is 1.60. The maximum absolute atomic E-state index is 11.0. The molecule has 0 aromatic rings. The Labute approximate surface area is 119 Å². The lowest BCUT2D eigenvalue weighted by molar-refractivity contribution is -0.151. The van der Waals surface area contributed by atoms with E-state index in [1.165, 1.54) is 0 Å². The van der Waals surface area contributed by atoms with Gasteiger partial charge in [0.05, 0.1) is 18.8 Å². The normalized spacial score (nSPS) is 18.2. The first-order valence-electron chi connectivity index (χ1n) is 5.98. The molecule has 10 nitrogen and oxygen atoms in total. The van der Waals surface area contributed by atoms with Gasteiger partial charge in [0.1, 0.15) is 18.3 Å². The highest BCUT2D eigenvalue weighted by Gasteiger charge is 2.37. The van der Waals surface area contributed by atoms with Crippen LogP contribution >= 0.6 is 0 Å². The van der Waals surface area contributed by atoms with Gasteiger partial charge in [0.25, 0.3) is 0 Å². The second kappa shape index (κ2) is 8.64. The summed E-state index contributed by atoms with van der Waals surface area (Å²) in [5, 5.41) is 57.4. The number of rotatable bonds is 9. The molecule has 0 aliphatic heterocycles. The van der Waals surface area contributed by atoms with Crippen molar-refractivity contribution in [2.75, 3.05) is 6.61 Å². The first-order valence-corrected chi connectivity index (χ1v) is 5.98. The molecule has 122 valence electrons. The molecule has 0 radical (unpaired) electrons. The van der Waals surface area contributed by atoms with Crippen LogP contribution in [0.3, 0.4) is 0 Å². The van der Waals surface area contributed by atoms with Gasteiger partial charge in [-0.1, -0.05) is 0 Å². The van der Waals surface area contributed by atoms with Gasteiger partial charge in [-0.2, -0.15) is 0 Å². The van der Waals surface area contributed by atoms with E-state index in [0.717, 1.165) is 6.92 Å². The lowest BCUT2D eigenvalue weighted by Crippen LogP contribution is -2.57. The first kappa shape index (κ1) is 19.4. The summed E-state index contributed by atoms with van der Waals surface area (Å²) in [5.74, 6) is -3.89. The fourth-order valence-corrected chi connectivity index (χ4v) is 1.60. The standard InChI is InChI=1S/C11H19NO9/c1-4(14)12-8(5(15)2-6(16)11(20)21)10(19)9(18)7(17)3-13/h5,7-10,13,15,17-19H,2-3H2,1H3,(H,12,14)(H,20,21)/t5-,7-,8-,9+,10+/m1/s1. The summed E-state index contributed by atoms with van der Waals surface area (Å²) in [5.41, 5.74) is 0. The van der Waals surface area contributed by atoms with Crippen LogP contribution in [0.1, 0.15) is 13.3 Å². The summed E-state index contributed by atoms with van der Waals surface area (Å²) in [7, 11) is 0. The monoisotopic (exact) mass is 309 g/mol. The number of amides is 1. The van der Waals surface area contributed by atoms with Crippen molar-refractivity contribution in [1.29, 1.82) is 0 Å². The smallest absolute Gasteiger partial charge is 0.372 e. The fraction of sp³-hybridized carbons (Fsp3) is 0.727. The van der Waals surface area contributed by atoms with E-state index in [9.17, 15) is 34.8 Å². The number of nitrogens with one attached hydrogen (secondary N) is 1. The SMILES string of the molecule is CC(=O)N[C@@H]([C@H](O)[C@@H](O)[C@H](O)CO)[C@H](O)CC(=O)C(=O)O. The third-order valence-corrected chi connectivity index (χ3v) is 2.72. The average molecular weight is 309 g/mol. The Hall–Kier alpha value is -1.59. The molecule has 0 rings (SSSR count). The van der Waals surface area contributed by atoms with E-state index in [2.05, 4.69) is 0 Å². The Morgan fingerprint density at radius 3 is 1.90 bits per heavy atom. The van der Waals surface area contributed by atoms with Gasteiger partial charge in [-0.25, -0.2) is 4.79 Å². The molecular formula is C11H19NO9. The molecule has 0 aromatic carbocycles. The van der Waals surface area contributed by atoms with Crippen molar-refractivity contribution in [1.82, 2.24) is 5.32 Å². The summed E-state index contributed by atoms with van der Waals surface area (Å²) in [6.45, 7) is 0.134. The molecule has 0 aliphatic carbocycles. The molecule has 21 heavy (non-hydrogen) atoms. The third kappa shape index (κ3) is 6.14. The van der Waals surface area contributed by atoms with E-state index in [1.807, 2.05) is 5.32 Å². The van der Waals surface area contributed by atoms with Crippen molar-refractivity contribution >= 4 is 17.7 Å². The molecule has 0 aliphatic rings. The highest BCUT2D eigenvalue weighted by Crippen LogP contribution is 2.11. The molecular weight excluding hydrogens is 290 g/mol. The first-order chi connectivity index (χ1) is 9.61. The molecule has 0 saturated carbocycles. The van der Waals surface area contributed by atoms with Crippen LogP contribution < -0.4 is 5.32 Å². The minimum Gasteiger partial charge on any atom is -0.475 e. The Kier molecular flexibility index (Phi) is 7.99. The van der Waals surface area contributed by atoms with E-state index in [-0.39, 0.29) is 0 Å². The highest BCUT2D eigenvalue weighted by atomic mass is 16.4. The van der Waals surface area contributed by atoms with Gasteiger partial charge in [0.2, 0.25) is 11.7 Å². The van der Waals surface area contributed by atoms with Gasteiger partial charge >= 0.3 is 5.97 Å². The molecule has 0 saturated heterocycles. The molecule has 0 unspecified atom stereocenters. The Morgan fingerprint density at radius 1 is 1.00 bits per heavy atom. The predicted molar refractivity (Wildman–Crippen MR) is 66.0 cm³/mol. The summed E-state index contributed by atoms with van der Waals surface area (Å²) in [6.07, 6.45) is -8.35. The third-order valence-electron chi connectivity index (χ3n) is 2.72. The van der Waals surface area contributed by atoms with Crippen LogP contribution in [-0.2, 0) is 14.4 Å². The Balaban J connectivity index is 5.04. The van der Waals surface area contributed by atoms with E-state index in [4.69, 9.17) is 10.2 Å². The van der Waals surface area contributed by atoms with Crippen LogP contribution in [-0.4, -0.2) is 85.4 Å². The zero-order valence-corrected chi connectivity index (χ0v) is 11.2. The van der Waals surface area contributed by atoms with Crippen molar-refractivity contribution in [2.45, 2.75) is 43.8 Å². The van der Waals surface area contributed by atoms with Gasteiger partial charge in [-0.05, 0) is 0 Å². The number of carbonyl (C=O) groups excluding carboxylic acids is 2. The quantitative estimate of drug-likeness (QED) is 0.208. The zero-order valence-electron chi connectivity index (χ0n) is 11.2. The van der Waals surface area contributed by atoms with E-state index < -0.39 is 61.1 Å². The predicted octanol–water partition coefficient (Wildman–Crippen LogP) is -4.03. The van der Waals surface area contributed by atoms with Gasteiger partial charge in [-0.15, -0.1) is 0 Å². The molecule has 0 bridgehead atoms. The minimum atomic E-state index is -1.94. The number of carbonyl (C=O) groups is 3. The Morgan fingerprint density at radius 2 is 1.52 bits per heavy atom. The molecule has 7 N–H and O–H groups in total. The number of aliphatic carboxylic acids is 1. The summed E-state index contributed by atoms with van der Waals surface area (Å²) in [6, 6.07) is -1.61. The van der Waals surface area contributed by atoms with Crippen LogP contribution in [0, 0.1) is 0 Å². The van der Waals surface area contributed by atoms with Gasteiger partial charge in [0.15, 0.2) is 0 Å². The minimum absolute atomic E-state index is 0.730. The summed E-state index contributed by atoms with van der Waals surface area (Å²) < 4.78 is 0. The van der Waals surface area contributed by atoms with Crippen molar-refractivity contribution < 1.29 is 45.0 Å². The number of hydrogen-bond acceptors (Lipinski definition) is 8. The van der Waals surface area contributed by atoms with Crippen LogP contribution in [0.15, 0.2) is 0 Å². The number of Topliss-reactive ketones (excluding diaryl/α,β-unsaturated/α-hetero) is 1. The highest BCUT2D eigenvalue weighted by molar-refractivity contribution is 6.32. The van der Waals surface area contributed by atoms with E-state index in [0.29, 0.717) is 0 Å². The molecule has 1 amide bonds. The molecule has 5 atom stereocenters. The molecule has 0 heterocycles. The lowest BCUT2D eigenvalue weighted by atomic mass is 9.94. The van der Waals surface area contributed by atoms with Gasteiger partial charge < -0.3 is 36.0 Å². The number of aliphatic hydroxyl groups is 5. The molecule has 0 fully saturated rings. The van der Waals surface area contributed by atoms with Gasteiger partial charge in [0, 0.05) is 13.3 Å². The number of hydrogen-bond donors (Lipinski definition) is 7. The van der Waals surface area contributed by atoms with E-state index >= 15 is 0 Å². The van der Waals surface area contributed by atoms with Gasteiger partial charge in [-0.3, -0.25) is 9.59 Å². The van der Waals surface area contributed by atoms with Crippen molar-refractivity contribution in [2.24, 2.45) is 0 Å². The molecule has 0 spiro atoms. The topological polar surface area (TPSA) is 185 Å². The largest absolute Gasteiger partial charge is 0.475 e. The number of carboxylic acid groups (broad SMARTS) is 1. The average Bonchev–Trinajstić information content (AvgIpc) is 2.41. The maximum atomic E-state index is 11.0. The van der Waals surface area contributed by atoms with Crippen LogP contribution in [0.25, 0.3) is 0 Å². The second-order valence-electron chi connectivity index (χ2n) is 4.46. The summed E-state index contributed by atoms with van der Waals surface area (Å²) >= 11 is 0. The maximum Gasteiger partial charge on any atom is 0.372 e. The Bertz CT molecular complexity index is 386. The van der Waals surface area contributed by atoms with Crippen LogP contribution in [0.2, 0.25) is 0 Å². The number of aliphatic hydroxyl groups excluding tert-OH is 5. The van der Waals surface area contributed by atoms with E-state index in [1.54, 1.807) is 0 Å². The van der Waals surface area contributed by atoms with Crippen molar-refractivity contribution in [3.8, 4) is 0 Å². The lowest BCUT2D eigenvalue weighted by Gasteiger charge is -2.32. The van der Waals surface area contributed by atoms with Crippen molar-refractivity contribution in [3.05, 3.63) is 0 Å². The molecule has 10 heteroatoms. The summed E-state index contributed by atoms with van der Waals surface area (Å²) in [4.78, 5) is 32.4. The van der Waals surface area contributed by atoms with Crippen molar-refractivity contribution in [3.63, 3.8) is 0 Å².